The molecule has 0 aromatic heterocycles. The summed E-state index contributed by atoms with van der Waals surface area (Å²) in [7, 11) is -2.06. The molecule has 0 fully saturated rings. The molecule has 0 amide bonds. The van der Waals surface area contributed by atoms with Gasteiger partial charge < -0.3 is 5.32 Å². The molecule has 0 bridgehead atoms. The van der Waals surface area contributed by atoms with Crippen molar-refractivity contribution in [1.29, 1.82) is 0 Å². The number of halogens is 1. The Bertz CT molecular complexity index is 532. The van der Waals surface area contributed by atoms with Crippen molar-refractivity contribution in [2.45, 2.75) is 50.6 Å². The van der Waals surface area contributed by atoms with Gasteiger partial charge in [0.25, 0.3) is 0 Å². The van der Waals surface area contributed by atoms with E-state index in [2.05, 4.69) is 10.0 Å². The summed E-state index contributed by atoms with van der Waals surface area (Å²) < 4.78 is 40.7. The SMILES string of the molecule is CCCCC(C)NS(=O)(=O)c1cc(CNC)ccc1F. The zero-order valence-electron chi connectivity index (χ0n) is 12.2. The molecule has 114 valence electrons. The monoisotopic (exact) mass is 302 g/mol. The van der Waals surface area contributed by atoms with Crippen molar-refractivity contribution in [3.05, 3.63) is 29.6 Å². The molecule has 0 spiro atoms. The van der Waals surface area contributed by atoms with Crippen molar-refractivity contribution < 1.29 is 12.8 Å². The normalized spacial score (nSPS) is 13.4. The molecule has 0 saturated heterocycles. The van der Waals surface area contributed by atoms with Crippen LogP contribution in [-0.2, 0) is 16.6 Å². The fourth-order valence-electron chi connectivity index (χ4n) is 1.97. The second-order valence-corrected chi connectivity index (χ2v) is 6.64. The average molecular weight is 302 g/mol. The van der Waals surface area contributed by atoms with Gasteiger partial charge >= 0.3 is 0 Å². The Hall–Kier alpha value is -0.980. The molecule has 1 unspecified atom stereocenters. The highest BCUT2D eigenvalue weighted by Gasteiger charge is 2.21. The molecular weight excluding hydrogens is 279 g/mol. The zero-order chi connectivity index (χ0) is 15.2. The van der Waals surface area contributed by atoms with E-state index in [4.69, 9.17) is 0 Å². The third-order valence-electron chi connectivity index (χ3n) is 3.01. The minimum absolute atomic E-state index is 0.202. The molecule has 0 aliphatic heterocycles. The van der Waals surface area contributed by atoms with Crippen molar-refractivity contribution in [2.24, 2.45) is 0 Å². The summed E-state index contributed by atoms with van der Waals surface area (Å²) in [6, 6.07) is 3.94. The van der Waals surface area contributed by atoms with Crippen molar-refractivity contribution in [1.82, 2.24) is 10.0 Å². The first-order valence-electron chi connectivity index (χ1n) is 6.86. The summed E-state index contributed by atoms with van der Waals surface area (Å²) in [6.45, 7) is 4.33. The van der Waals surface area contributed by atoms with Crippen LogP contribution in [0.1, 0.15) is 38.7 Å². The van der Waals surface area contributed by atoms with Gasteiger partial charge in [-0.15, -0.1) is 0 Å². The Morgan fingerprint density at radius 3 is 2.65 bits per heavy atom. The van der Waals surface area contributed by atoms with Gasteiger partial charge in [0, 0.05) is 12.6 Å². The number of hydrogen-bond acceptors (Lipinski definition) is 3. The maximum absolute atomic E-state index is 13.8. The van der Waals surface area contributed by atoms with Gasteiger partial charge in [-0.25, -0.2) is 17.5 Å². The van der Waals surface area contributed by atoms with Crippen LogP contribution in [0.4, 0.5) is 4.39 Å². The van der Waals surface area contributed by atoms with Crippen LogP contribution in [0.15, 0.2) is 23.1 Å². The van der Waals surface area contributed by atoms with Crippen molar-refractivity contribution in [3.63, 3.8) is 0 Å². The van der Waals surface area contributed by atoms with Crippen molar-refractivity contribution >= 4 is 10.0 Å². The number of rotatable bonds is 8. The molecule has 0 aliphatic carbocycles. The predicted molar refractivity (Wildman–Crippen MR) is 78.5 cm³/mol. The average Bonchev–Trinajstić information content (AvgIpc) is 2.38. The molecule has 2 N–H and O–H groups in total. The first-order valence-corrected chi connectivity index (χ1v) is 8.34. The minimum Gasteiger partial charge on any atom is -0.316 e. The van der Waals surface area contributed by atoms with Crippen LogP contribution in [0, 0.1) is 5.82 Å². The lowest BCUT2D eigenvalue weighted by Gasteiger charge is -2.15. The highest BCUT2D eigenvalue weighted by molar-refractivity contribution is 7.89. The van der Waals surface area contributed by atoms with Crippen LogP contribution in [0.25, 0.3) is 0 Å². The molecule has 0 radical (unpaired) electrons. The second-order valence-electron chi connectivity index (χ2n) is 4.96. The first kappa shape index (κ1) is 17.1. The van der Waals surface area contributed by atoms with Crippen LogP contribution in [-0.4, -0.2) is 21.5 Å². The van der Waals surface area contributed by atoms with E-state index in [1.54, 1.807) is 20.0 Å². The quantitative estimate of drug-likeness (QED) is 0.775. The molecule has 6 heteroatoms. The first-order chi connectivity index (χ1) is 9.40. The van der Waals surface area contributed by atoms with Crippen molar-refractivity contribution in [3.8, 4) is 0 Å². The molecular formula is C14H23FN2O2S. The van der Waals surface area contributed by atoms with E-state index >= 15 is 0 Å². The van der Waals surface area contributed by atoms with E-state index in [-0.39, 0.29) is 10.9 Å². The van der Waals surface area contributed by atoms with Crippen LogP contribution in [0.3, 0.4) is 0 Å². The van der Waals surface area contributed by atoms with Gasteiger partial charge in [-0.2, -0.15) is 0 Å². The number of nitrogens with one attached hydrogen (secondary N) is 2. The van der Waals surface area contributed by atoms with E-state index in [1.165, 1.54) is 12.1 Å². The van der Waals surface area contributed by atoms with Crippen LogP contribution < -0.4 is 10.0 Å². The Labute approximate surface area is 120 Å². The van der Waals surface area contributed by atoms with E-state index in [0.29, 0.717) is 6.54 Å². The lowest BCUT2D eigenvalue weighted by molar-refractivity contribution is 0.523. The largest absolute Gasteiger partial charge is 0.316 e. The maximum Gasteiger partial charge on any atom is 0.243 e. The molecule has 0 heterocycles. The van der Waals surface area contributed by atoms with Gasteiger partial charge in [0.2, 0.25) is 10.0 Å². The maximum atomic E-state index is 13.8. The molecule has 0 saturated carbocycles. The summed E-state index contributed by atoms with van der Waals surface area (Å²) in [5.74, 6) is -0.722. The molecule has 1 rings (SSSR count). The Morgan fingerprint density at radius 1 is 1.35 bits per heavy atom. The highest BCUT2D eigenvalue weighted by atomic mass is 32.2. The predicted octanol–water partition coefficient (Wildman–Crippen LogP) is 2.40. The third kappa shape index (κ3) is 4.85. The fraction of sp³-hybridized carbons (Fsp3) is 0.571. The summed E-state index contributed by atoms with van der Waals surface area (Å²) in [4.78, 5) is -0.284. The lowest BCUT2D eigenvalue weighted by atomic mass is 10.2. The summed E-state index contributed by atoms with van der Waals surface area (Å²) in [5, 5.41) is 2.91. The summed E-state index contributed by atoms with van der Waals surface area (Å²) >= 11 is 0. The Morgan fingerprint density at radius 2 is 2.05 bits per heavy atom. The molecule has 4 nitrogen and oxygen atoms in total. The second kappa shape index (κ2) is 7.71. The minimum atomic E-state index is -3.81. The van der Waals surface area contributed by atoms with Gasteiger partial charge in [0.1, 0.15) is 10.7 Å². The van der Waals surface area contributed by atoms with Crippen LogP contribution in [0.5, 0.6) is 0 Å². The smallest absolute Gasteiger partial charge is 0.243 e. The Balaban J connectivity index is 2.93. The topological polar surface area (TPSA) is 58.2 Å². The Kier molecular flexibility index (Phi) is 6.58. The molecule has 1 aromatic carbocycles. The molecule has 1 atom stereocenters. The van der Waals surface area contributed by atoms with Gasteiger partial charge in [0.15, 0.2) is 0 Å². The molecule has 20 heavy (non-hydrogen) atoms. The summed E-state index contributed by atoms with van der Waals surface area (Å²) in [6.07, 6.45) is 2.68. The lowest BCUT2D eigenvalue weighted by Crippen LogP contribution is -2.33. The zero-order valence-corrected chi connectivity index (χ0v) is 13.1. The molecule has 1 aromatic rings. The number of unbranched alkanes of at least 4 members (excludes halogenated alkanes) is 1. The number of sulfonamides is 1. The van der Waals surface area contributed by atoms with Gasteiger partial charge in [-0.3, -0.25) is 0 Å². The standard InChI is InChI=1S/C14H23FN2O2S/c1-4-5-6-11(2)17-20(18,19)14-9-12(10-16-3)7-8-13(14)15/h7-9,11,16-17H,4-6,10H2,1-3H3. The molecule has 0 aliphatic rings. The van der Waals surface area contributed by atoms with Gasteiger partial charge in [0.05, 0.1) is 0 Å². The van der Waals surface area contributed by atoms with Crippen LogP contribution in [0.2, 0.25) is 0 Å². The fourth-order valence-corrected chi connectivity index (χ4v) is 3.37. The van der Waals surface area contributed by atoms with Gasteiger partial charge in [-0.05, 0) is 38.1 Å². The van der Waals surface area contributed by atoms with Gasteiger partial charge in [-0.1, -0.05) is 25.8 Å². The van der Waals surface area contributed by atoms with Crippen molar-refractivity contribution in [2.75, 3.05) is 7.05 Å². The van der Waals surface area contributed by atoms with E-state index in [1.807, 2.05) is 6.92 Å². The highest BCUT2D eigenvalue weighted by Crippen LogP contribution is 2.17. The summed E-state index contributed by atoms with van der Waals surface area (Å²) in [5.41, 5.74) is 0.732. The third-order valence-corrected chi connectivity index (χ3v) is 4.62. The number of hydrogen-bond donors (Lipinski definition) is 2. The van der Waals surface area contributed by atoms with E-state index < -0.39 is 15.8 Å². The van der Waals surface area contributed by atoms with E-state index in [9.17, 15) is 12.8 Å². The number of benzene rings is 1. The van der Waals surface area contributed by atoms with E-state index in [0.717, 1.165) is 24.8 Å². The van der Waals surface area contributed by atoms with Crippen LogP contribution >= 0.6 is 0 Å².